The Morgan fingerprint density at radius 2 is 1.18 bits per heavy atom. The summed E-state index contributed by atoms with van der Waals surface area (Å²) in [6.45, 7) is 10.9. The highest BCUT2D eigenvalue weighted by Gasteiger charge is 2.41. The van der Waals surface area contributed by atoms with Crippen molar-refractivity contribution in [1.29, 1.82) is 0 Å². The van der Waals surface area contributed by atoms with E-state index in [9.17, 15) is 53.1 Å². The van der Waals surface area contributed by atoms with Gasteiger partial charge in [-0.05, 0) is 68.3 Å². The number of nitrogens with one attached hydrogen (secondary N) is 7. The van der Waals surface area contributed by atoms with E-state index < -0.39 is 114 Å². The van der Waals surface area contributed by atoms with Crippen LogP contribution in [0.5, 0.6) is 0 Å². The number of imidazole rings is 1. The largest absolute Gasteiger partial charge is 0.480 e. The Kier molecular flexibility index (Phi) is 22.1. The van der Waals surface area contributed by atoms with Crippen LogP contribution in [0.15, 0.2) is 42.9 Å². The van der Waals surface area contributed by atoms with Gasteiger partial charge in [-0.1, -0.05) is 71.9 Å². The maximum Gasteiger partial charge on any atom is 0.326 e. The lowest BCUT2D eigenvalue weighted by molar-refractivity contribution is -0.144. The third kappa shape index (κ3) is 17.7. The van der Waals surface area contributed by atoms with Crippen LogP contribution >= 0.6 is 0 Å². The number of carboxylic acid groups (broad SMARTS) is 1. The number of aliphatic carboxylic acids is 1. The van der Waals surface area contributed by atoms with Crippen molar-refractivity contribution in [3.8, 4) is 0 Å². The number of hydrogen-bond acceptors (Lipinski definition) is 12. The molecule has 8 unspecified atom stereocenters. The first-order valence-electron chi connectivity index (χ1n) is 24.7. The second-order valence-corrected chi connectivity index (χ2v) is 19.9. The van der Waals surface area contributed by atoms with Crippen LogP contribution in [0.25, 0.3) is 0 Å². The van der Waals surface area contributed by atoms with Crippen molar-refractivity contribution in [2.24, 2.45) is 29.2 Å². The van der Waals surface area contributed by atoms with Crippen molar-refractivity contribution < 1.29 is 53.1 Å². The number of aromatic nitrogens is 2. The molecule has 8 atom stereocenters. The average molecular weight is 1010 g/mol. The van der Waals surface area contributed by atoms with Gasteiger partial charge >= 0.3 is 5.97 Å². The molecule has 1 aromatic heterocycles. The summed E-state index contributed by atoms with van der Waals surface area (Å²) in [7, 11) is 0. The third-order valence-electron chi connectivity index (χ3n) is 12.4. The van der Waals surface area contributed by atoms with Crippen LogP contribution < -0.4 is 43.4 Å². The van der Waals surface area contributed by atoms with E-state index in [4.69, 9.17) is 11.5 Å². The molecule has 72 heavy (non-hydrogen) atoms. The van der Waals surface area contributed by atoms with Gasteiger partial charge < -0.3 is 63.3 Å². The molecule has 4 rings (SSSR count). The molecule has 2 fully saturated rings. The van der Waals surface area contributed by atoms with E-state index in [2.05, 4.69) is 41.9 Å². The molecule has 2 aromatic rings. The van der Waals surface area contributed by atoms with Crippen LogP contribution in [0.2, 0.25) is 0 Å². The maximum absolute atomic E-state index is 14.4. The summed E-state index contributed by atoms with van der Waals surface area (Å²) in [5.41, 5.74) is 12.7. The first-order valence-corrected chi connectivity index (χ1v) is 24.7. The van der Waals surface area contributed by atoms with Crippen molar-refractivity contribution in [2.45, 2.75) is 154 Å². The standard InChI is InChI=1S/C49H74N12O11/c1-27(2)18-32(50)42(64)53-25-41(63)60-16-10-14-38(60)46(68)57-35(22-31-24-52-26-54-31)45(67)55-33(19-28(3)4)43(65)58-36(23-40(51)62)48(70)61-17-11-15-39(61)47(69)56-34(21-30-12-8-7-9-13-30)44(66)59-37(49(71)72)20-29(5)6/h7-9,12-13,24,26-29,32-39H,10-11,14-23,25,50H2,1-6H3,(H2,51,62)(H,52,54)(H,53,64)(H,55,67)(H,56,69)(H,57,68)(H,58,65)(H,59,66)(H,71,72). The molecular formula is C49H74N12O11. The number of carbonyl (C=O) groups is 10. The topological polar surface area (TPSA) is 350 Å². The van der Waals surface area contributed by atoms with Crippen molar-refractivity contribution in [3.63, 3.8) is 0 Å². The Bertz CT molecular complexity index is 2210. The number of amides is 9. The summed E-state index contributed by atoms with van der Waals surface area (Å²) in [5.74, 6) is -7.90. The van der Waals surface area contributed by atoms with Crippen LogP contribution in [0.1, 0.15) is 104 Å². The van der Waals surface area contributed by atoms with Crippen LogP contribution in [0.4, 0.5) is 0 Å². The summed E-state index contributed by atoms with van der Waals surface area (Å²) in [5, 5.41) is 25.7. The van der Waals surface area contributed by atoms with Crippen LogP contribution in [0.3, 0.4) is 0 Å². The van der Waals surface area contributed by atoms with Gasteiger partial charge in [0.05, 0.1) is 25.3 Å². The number of H-pyrrole nitrogens is 1. The normalized spacial score (nSPS) is 18.1. The number of hydrogen-bond donors (Lipinski definition) is 10. The molecule has 23 nitrogen and oxygen atoms in total. The van der Waals surface area contributed by atoms with E-state index in [1.807, 2.05) is 27.7 Å². The summed E-state index contributed by atoms with van der Waals surface area (Å²) in [6.07, 6.45) is 3.91. The molecule has 0 bridgehead atoms. The summed E-state index contributed by atoms with van der Waals surface area (Å²) < 4.78 is 0. The quantitative estimate of drug-likeness (QED) is 0.0522. The minimum absolute atomic E-state index is 0.00283. The summed E-state index contributed by atoms with van der Waals surface area (Å²) in [6, 6.07) is -0.876. The van der Waals surface area contributed by atoms with Crippen LogP contribution in [-0.2, 0) is 60.8 Å². The lowest BCUT2D eigenvalue weighted by Gasteiger charge is -2.31. The minimum Gasteiger partial charge on any atom is -0.480 e. The molecule has 0 aliphatic carbocycles. The summed E-state index contributed by atoms with van der Waals surface area (Å²) in [4.78, 5) is 144. The SMILES string of the molecule is CC(C)CC(N)C(=O)NCC(=O)N1CCCC1C(=O)NC(Cc1cnc[nH]1)C(=O)NC(CC(C)C)C(=O)NC(CC(N)=O)C(=O)N1CCCC1C(=O)NC(Cc1ccccc1)C(=O)NC(CC(C)C)C(=O)O. The molecule has 3 heterocycles. The van der Waals surface area contributed by atoms with E-state index in [0.29, 0.717) is 30.5 Å². The molecule has 1 aromatic carbocycles. The van der Waals surface area contributed by atoms with E-state index >= 15 is 0 Å². The Balaban J connectivity index is 1.50. The Morgan fingerprint density at radius 3 is 1.72 bits per heavy atom. The van der Waals surface area contributed by atoms with Gasteiger partial charge in [0.2, 0.25) is 53.2 Å². The fourth-order valence-electron chi connectivity index (χ4n) is 8.89. The smallest absolute Gasteiger partial charge is 0.326 e. The first kappa shape index (κ1) is 57.7. The van der Waals surface area contributed by atoms with Crippen molar-refractivity contribution in [3.05, 3.63) is 54.1 Å². The summed E-state index contributed by atoms with van der Waals surface area (Å²) >= 11 is 0. The predicted molar refractivity (Wildman–Crippen MR) is 262 cm³/mol. The molecule has 2 aliphatic heterocycles. The molecule has 2 saturated heterocycles. The Morgan fingerprint density at radius 1 is 0.667 bits per heavy atom. The number of likely N-dealkylation sites (tertiary alicyclic amines) is 2. The zero-order valence-electron chi connectivity index (χ0n) is 42.1. The lowest BCUT2D eigenvalue weighted by Crippen LogP contribution is -2.60. The number of carbonyl (C=O) groups excluding carboxylic acids is 9. The van der Waals surface area contributed by atoms with Gasteiger partial charge in [-0.15, -0.1) is 0 Å². The fourth-order valence-corrected chi connectivity index (χ4v) is 8.89. The molecular weight excluding hydrogens is 933 g/mol. The van der Waals surface area contributed by atoms with Crippen molar-refractivity contribution in [2.75, 3.05) is 19.6 Å². The third-order valence-corrected chi connectivity index (χ3v) is 12.4. The first-order chi connectivity index (χ1) is 34.0. The highest BCUT2D eigenvalue weighted by molar-refractivity contribution is 5.99. The molecule has 23 heteroatoms. The Labute approximate surface area is 419 Å². The zero-order valence-corrected chi connectivity index (χ0v) is 42.1. The van der Waals surface area contributed by atoms with Gasteiger partial charge in [0.25, 0.3) is 0 Å². The predicted octanol–water partition coefficient (Wildman–Crippen LogP) is -0.857. The number of rotatable bonds is 27. The van der Waals surface area contributed by atoms with Gasteiger partial charge in [0, 0.05) is 37.8 Å². The highest BCUT2D eigenvalue weighted by Crippen LogP contribution is 2.22. The van der Waals surface area contributed by atoms with E-state index in [-0.39, 0.29) is 75.9 Å². The zero-order chi connectivity index (χ0) is 53.2. The molecule has 396 valence electrons. The monoisotopic (exact) mass is 1010 g/mol. The second kappa shape index (κ2) is 27.6. The second-order valence-electron chi connectivity index (χ2n) is 19.9. The number of nitrogens with two attached hydrogens (primary N) is 2. The molecule has 9 amide bonds. The fraction of sp³-hybridized carbons (Fsp3) is 0.612. The van der Waals surface area contributed by atoms with Crippen LogP contribution in [-0.4, -0.2) is 152 Å². The van der Waals surface area contributed by atoms with Crippen molar-refractivity contribution >= 4 is 59.1 Å². The average Bonchev–Trinajstić information content (AvgIpc) is 4.12. The van der Waals surface area contributed by atoms with Gasteiger partial charge in [0.15, 0.2) is 0 Å². The highest BCUT2D eigenvalue weighted by atomic mass is 16.4. The van der Waals surface area contributed by atoms with Gasteiger partial charge in [0.1, 0.15) is 42.3 Å². The van der Waals surface area contributed by atoms with E-state index in [1.54, 1.807) is 44.2 Å². The molecule has 0 radical (unpaired) electrons. The van der Waals surface area contributed by atoms with Crippen molar-refractivity contribution in [1.82, 2.24) is 51.7 Å². The number of primary amides is 1. The van der Waals surface area contributed by atoms with Gasteiger partial charge in [-0.3, -0.25) is 43.2 Å². The number of carboxylic acids is 1. The van der Waals surface area contributed by atoms with Crippen LogP contribution in [0, 0.1) is 17.8 Å². The number of nitrogens with zero attached hydrogens (tertiary/aromatic N) is 3. The minimum atomic E-state index is -1.59. The van der Waals surface area contributed by atoms with E-state index in [0.717, 1.165) is 0 Å². The maximum atomic E-state index is 14.4. The van der Waals surface area contributed by atoms with E-state index in [1.165, 1.54) is 22.3 Å². The molecule has 0 saturated carbocycles. The number of aromatic amines is 1. The molecule has 0 spiro atoms. The Hall–Kier alpha value is -6.91. The lowest BCUT2D eigenvalue weighted by atomic mass is 10.0. The molecule has 12 N–H and O–H groups in total. The number of benzene rings is 1. The van der Waals surface area contributed by atoms with Gasteiger partial charge in [-0.25, -0.2) is 9.78 Å². The molecule has 2 aliphatic rings. The van der Waals surface area contributed by atoms with Gasteiger partial charge in [-0.2, -0.15) is 0 Å².